The Labute approximate surface area is 124 Å². The Hall–Kier alpha value is -2.06. The highest BCUT2D eigenvalue weighted by Crippen LogP contribution is 2.26. The first kappa shape index (κ1) is 13.9. The van der Waals surface area contributed by atoms with Crippen LogP contribution in [0.4, 0.5) is 4.79 Å². The van der Waals surface area contributed by atoms with E-state index in [9.17, 15) is 4.79 Å². The number of hydrogen-bond acceptors (Lipinski definition) is 3. The van der Waals surface area contributed by atoms with Gasteiger partial charge in [0.15, 0.2) is 0 Å². The highest BCUT2D eigenvalue weighted by molar-refractivity contribution is 5.65. The van der Waals surface area contributed by atoms with Gasteiger partial charge in [0.2, 0.25) is 0 Å². The van der Waals surface area contributed by atoms with Gasteiger partial charge in [-0.25, -0.2) is 4.79 Å². The third-order valence-corrected chi connectivity index (χ3v) is 4.64. The van der Waals surface area contributed by atoms with Crippen LogP contribution in [-0.2, 0) is 12.8 Å². The number of fused-ring (bicyclic) bond motifs is 1. The molecule has 110 valence electrons. The van der Waals surface area contributed by atoms with Crippen molar-refractivity contribution in [1.82, 2.24) is 9.80 Å². The maximum atomic E-state index is 10.9. The van der Waals surface area contributed by atoms with Gasteiger partial charge in [0.1, 0.15) is 0 Å². The minimum atomic E-state index is -0.812. The highest BCUT2D eigenvalue weighted by Gasteiger charge is 2.28. The molecule has 0 spiro atoms. The van der Waals surface area contributed by atoms with Crippen molar-refractivity contribution in [3.05, 3.63) is 34.9 Å². The molecule has 1 fully saturated rings. The lowest BCUT2D eigenvalue weighted by Gasteiger charge is -2.40. The van der Waals surface area contributed by atoms with E-state index in [4.69, 9.17) is 10.4 Å². The quantitative estimate of drug-likeness (QED) is 0.853. The fourth-order valence-electron chi connectivity index (χ4n) is 3.40. The van der Waals surface area contributed by atoms with Crippen LogP contribution in [0.2, 0.25) is 0 Å². The maximum Gasteiger partial charge on any atom is 0.407 e. The standard InChI is InChI=1S/C16H19N3O2/c17-11-12-1-2-14-10-15(4-3-13(14)9-12)18-5-7-19(8-6-18)16(20)21/h1-2,9,15H,3-8,10H2,(H,20,21)/t15-/m0/s1. The molecule has 1 atom stereocenters. The van der Waals surface area contributed by atoms with E-state index in [1.54, 1.807) is 0 Å². The molecule has 1 aromatic rings. The van der Waals surface area contributed by atoms with E-state index in [-0.39, 0.29) is 0 Å². The van der Waals surface area contributed by atoms with E-state index in [0.29, 0.717) is 19.1 Å². The molecular weight excluding hydrogens is 266 g/mol. The summed E-state index contributed by atoms with van der Waals surface area (Å²) in [5.74, 6) is 0. The molecule has 0 bridgehead atoms. The van der Waals surface area contributed by atoms with Crippen LogP contribution in [0.3, 0.4) is 0 Å². The van der Waals surface area contributed by atoms with E-state index >= 15 is 0 Å². The van der Waals surface area contributed by atoms with Crippen molar-refractivity contribution in [2.24, 2.45) is 0 Å². The lowest BCUT2D eigenvalue weighted by atomic mass is 9.86. The molecule has 5 heteroatoms. The molecule has 0 radical (unpaired) electrons. The number of aryl methyl sites for hydroxylation is 1. The minimum absolute atomic E-state index is 0.501. The molecule has 21 heavy (non-hydrogen) atoms. The zero-order valence-electron chi connectivity index (χ0n) is 12.0. The van der Waals surface area contributed by atoms with Crippen LogP contribution in [0.15, 0.2) is 18.2 Å². The van der Waals surface area contributed by atoms with Gasteiger partial charge >= 0.3 is 6.09 Å². The number of carbonyl (C=O) groups is 1. The number of hydrogen-bond donors (Lipinski definition) is 1. The van der Waals surface area contributed by atoms with Gasteiger partial charge < -0.3 is 10.0 Å². The van der Waals surface area contributed by atoms with Crippen molar-refractivity contribution < 1.29 is 9.90 Å². The second kappa shape index (κ2) is 5.74. The Morgan fingerprint density at radius 3 is 2.67 bits per heavy atom. The summed E-state index contributed by atoms with van der Waals surface area (Å²) in [4.78, 5) is 14.9. The summed E-state index contributed by atoms with van der Waals surface area (Å²) in [6.45, 7) is 2.85. The minimum Gasteiger partial charge on any atom is -0.465 e. The third-order valence-electron chi connectivity index (χ3n) is 4.64. The Morgan fingerprint density at radius 1 is 1.24 bits per heavy atom. The molecule has 3 rings (SSSR count). The molecule has 1 aliphatic carbocycles. The summed E-state index contributed by atoms with van der Waals surface area (Å²) in [5.41, 5.74) is 3.38. The number of benzene rings is 1. The Balaban J connectivity index is 1.65. The van der Waals surface area contributed by atoms with Crippen LogP contribution < -0.4 is 0 Å². The number of piperazine rings is 1. The molecular formula is C16H19N3O2. The van der Waals surface area contributed by atoms with E-state index in [2.05, 4.69) is 17.0 Å². The second-order valence-electron chi connectivity index (χ2n) is 5.80. The molecule has 1 aliphatic heterocycles. The first-order chi connectivity index (χ1) is 10.2. The van der Waals surface area contributed by atoms with Gasteiger partial charge in [0.05, 0.1) is 11.6 Å². The topological polar surface area (TPSA) is 67.6 Å². The van der Waals surface area contributed by atoms with Crippen LogP contribution in [-0.4, -0.2) is 53.2 Å². The van der Waals surface area contributed by atoms with Crippen molar-refractivity contribution in [2.45, 2.75) is 25.3 Å². The van der Waals surface area contributed by atoms with Gasteiger partial charge in [-0.3, -0.25) is 4.90 Å². The van der Waals surface area contributed by atoms with Crippen molar-refractivity contribution in [3.63, 3.8) is 0 Å². The molecule has 5 nitrogen and oxygen atoms in total. The van der Waals surface area contributed by atoms with Gasteiger partial charge in [0.25, 0.3) is 0 Å². The molecule has 1 N–H and O–H groups in total. The van der Waals surface area contributed by atoms with Crippen molar-refractivity contribution in [2.75, 3.05) is 26.2 Å². The van der Waals surface area contributed by atoms with Crippen LogP contribution in [0.1, 0.15) is 23.1 Å². The Kier molecular flexibility index (Phi) is 3.80. The van der Waals surface area contributed by atoms with Crippen LogP contribution in [0.5, 0.6) is 0 Å². The van der Waals surface area contributed by atoms with Crippen LogP contribution in [0.25, 0.3) is 0 Å². The second-order valence-corrected chi connectivity index (χ2v) is 5.80. The van der Waals surface area contributed by atoms with Crippen molar-refractivity contribution in [3.8, 4) is 6.07 Å². The highest BCUT2D eigenvalue weighted by atomic mass is 16.4. The summed E-state index contributed by atoms with van der Waals surface area (Å²) < 4.78 is 0. The third kappa shape index (κ3) is 2.86. The number of carboxylic acid groups (broad SMARTS) is 1. The molecule has 2 aliphatic rings. The summed E-state index contributed by atoms with van der Waals surface area (Å²) in [6.07, 6.45) is 2.30. The molecule has 0 unspecified atom stereocenters. The Bertz CT molecular complexity index is 586. The smallest absolute Gasteiger partial charge is 0.407 e. The van der Waals surface area contributed by atoms with Gasteiger partial charge in [-0.1, -0.05) is 6.07 Å². The largest absolute Gasteiger partial charge is 0.465 e. The SMILES string of the molecule is N#Cc1ccc2c(c1)CC[C@H](N1CCN(C(=O)O)CC1)C2. The van der Waals surface area contributed by atoms with E-state index in [0.717, 1.165) is 37.9 Å². The van der Waals surface area contributed by atoms with Crippen LogP contribution >= 0.6 is 0 Å². The van der Waals surface area contributed by atoms with Crippen LogP contribution in [0, 0.1) is 11.3 Å². The van der Waals surface area contributed by atoms with Gasteiger partial charge in [-0.15, -0.1) is 0 Å². The number of nitriles is 1. The van der Waals surface area contributed by atoms with E-state index < -0.39 is 6.09 Å². The van der Waals surface area contributed by atoms with Gasteiger partial charge in [-0.05, 0) is 42.5 Å². The molecule has 1 amide bonds. The molecule has 0 aromatic heterocycles. The number of amides is 1. The molecule has 1 aromatic carbocycles. The predicted molar refractivity (Wildman–Crippen MR) is 78.1 cm³/mol. The normalized spacial score (nSPS) is 22.4. The zero-order valence-corrected chi connectivity index (χ0v) is 12.0. The molecule has 1 heterocycles. The fourth-order valence-corrected chi connectivity index (χ4v) is 3.40. The first-order valence-corrected chi connectivity index (χ1v) is 7.41. The maximum absolute atomic E-state index is 10.9. The summed E-state index contributed by atoms with van der Waals surface area (Å²) in [7, 11) is 0. The average molecular weight is 285 g/mol. The monoisotopic (exact) mass is 285 g/mol. The fraction of sp³-hybridized carbons (Fsp3) is 0.500. The Morgan fingerprint density at radius 2 is 2.00 bits per heavy atom. The summed E-state index contributed by atoms with van der Waals surface area (Å²) in [6, 6.07) is 8.67. The summed E-state index contributed by atoms with van der Waals surface area (Å²) in [5, 5.41) is 17.9. The first-order valence-electron chi connectivity index (χ1n) is 7.41. The van der Waals surface area contributed by atoms with Gasteiger partial charge in [0, 0.05) is 32.2 Å². The zero-order chi connectivity index (χ0) is 14.8. The number of rotatable bonds is 1. The van der Waals surface area contributed by atoms with Gasteiger partial charge in [-0.2, -0.15) is 5.26 Å². The summed E-state index contributed by atoms with van der Waals surface area (Å²) >= 11 is 0. The predicted octanol–water partition coefficient (Wildman–Crippen LogP) is 1.71. The molecule has 0 saturated carbocycles. The molecule has 1 saturated heterocycles. The van der Waals surface area contributed by atoms with E-state index in [1.165, 1.54) is 16.0 Å². The van der Waals surface area contributed by atoms with Crippen molar-refractivity contribution in [1.29, 1.82) is 5.26 Å². The number of nitrogens with zero attached hydrogens (tertiary/aromatic N) is 3. The lowest BCUT2D eigenvalue weighted by molar-refractivity contribution is 0.0807. The van der Waals surface area contributed by atoms with E-state index in [1.807, 2.05) is 12.1 Å². The lowest BCUT2D eigenvalue weighted by Crippen LogP contribution is -2.52. The van der Waals surface area contributed by atoms with Crippen molar-refractivity contribution >= 4 is 6.09 Å². The average Bonchev–Trinajstić information content (AvgIpc) is 2.54.